The monoisotopic (exact) mass is 421 g/mol. The number of carbonyl (C=O) groups is 2. The zero-order chi connectivity index (χ0) is 21.6. The number of sulfonamides is 1. The minimum absolute atomic E-state index is 0.0591. The molecule has 0 unspecified atom stereocenters. The van der Waals surface area contributed by atoms with Gasteiger partial charge < -0.3 is 14.6 Å². The van der Waals surface area contributed by atoms with E-state index in [1.54, 1.807) is 19.9 Å². The fourth-order valence-corrected chi connectivity index (χ4v) is 4.20. The first-order chi connectivity index (χ1) is 13.7. The van der Waals surface area contributed by atoms with Crippen molar-refractivity contribution in [3.63, 3.8) is 0 Å². The lowest BCUT2D eigenvalue weighted by Crippen LogP contribution is -2.30. The molecule has 0 spiro atoms. The van der Waals surface area contributed by atoms with Gasteiger partial charge >= 0.3 is 5.97 Å². The summed E-state index contributed by atoms with van der Waals surface area (Å²) in [5.41, 5.74) is -0.0571. The number of ether oxygens (including phenoxy) is 1. The quantitative estimate of drug-likeness (QED) is 0.643. The number of carbonyl (C=O) groups excluding carboxylic acids is 2. The van der Waals surface area contributed by atoms with Crippen molar-refractivity contribution >= 4 is 27.6 Å². The number of hydrogen-bond donors (Lipinski definition) is 1. The molecule has 156 valence electrons. The lowest BCUT2D eigenvalue weighted by molar-refractivity contribution is -0.116. The van der Waals surface area contributed by atoms with Gasteiger partial charge in [-0.3, -0.25) is 9.59 Å². The molecule has 0 saturated heterocycles. The third kappa shape index (κ3) is 5.30. The summed E-state index contributed by atoms with van der Waals surface area (Å²) in [5.74, 6) is -1.18. The predicted molar refractivity (Wildman–Crippen MR) is 107 cm³/mol. The standard InChI is InChI=1S/C19H23N3O6S/c1-4-22(5-2)29(26,27)16-8-6-7-15(11-16)20-17(23)13-21-12-14(19(25)28-3)9-10-18(21)24/h6-12H,4-5,13H2,1-3H3,(H,20,23). The van der Waals surface area contributed by atoms with Gasteiger partial charge in [0, 0.05) is 31.0 Å². The number of pyridine rings is 1. The van der Waals surface area contributed by atoms with E-state index in [0.717, 1.165) is 10.6 Å². The zero-order valence-corrected chi connectivity index (χ0v) is 17.2. The molecule has 0 fully saturated rings. The van der Waals surface area contributed by atoms with Crippen LogP contribution in [0.5, 0.6) is 0 Å². The molecule has 0 aliphatic carbocycles. The number of benzene rings is 1. The first-order valence-corrected chi connectivity index (χ1v) is 10.4. The van der Waals surface area contributed by atoms with Gasteiger partial charge in [-0.15, -0.1) is 0 Å². The van der Waals surface area contributed by atoms with Crippen molar-refractivity contribution in [1.82, 2.24) is 8.87 Å². The zero-order valence-electron chi connectivity index (χ0n) is 16.4. The lowest BCUT2D eigenvalue weighted by Gasteiger charge is -2.19. The smallest absolute Gasteiger partial charge is 0.339 e. The van der Waals surface area contributed by atoms with Crippen LogP contribution in [-0.4, -0.2) is 49.4 Å². The highest BCUT2D eigenvalue weighted by Gasteiger charge is 2.22. The summed E-state index contributed by atoms with van der Waals surface area (Å²) in [6.45, 7) is 3.79. The molecule has 1 N–H and O–H groups in total. The number of anilines is 1. The van der Waals surface area contributed by atoms with Crippen molar-refractivity contribution in [2.24, 2.45) is 0 Å². The first-order valence-electron chi connectivity index (χ1n) is 8.91. The van der Waals surface area contributed by atoms with Gasteiger partial charge in [-0.25, -0.2) is 13.2 Å². The molecule has 0 atom stereocenters. The van der Waals surface area contributed by atoms with Crippen molar-refractivity contribution in [3.8, 4) is 0 Å². The van der Waals surface area contributed by atoms with Gasteiger partial charge in [0.25, 0.3) is 5.56 Å². The number of methoxy groups -OCH3 is 1. The molecule has 0 saturated carbocycles. The van der Waals surface area contributed by atoms with Gasteiger partial charge in [-0.2, -0.15) is 4.31 Å². The Hall–Kier alpha value is -2.98. The van der Waals surface area contributed by atoms with Crippen LogP contribution in [0.4, 0.5) is 5.69 Å². The van der Waals surface area contributed by atoms with E-state index in [1.165, 1.54) is 41.9 Å². The maximum Gasteiger partial charge on any atom is 0.339 e. The second-order valence-electron chi connectivity index (χ2n) is 6.04. The summed E-state index contributed by atoms with van der Waals surface area (Å²) in [6.07, 6.45) is 1.23. The Morgan fingerprint density at radius 1 is 1.14 bits per heavy atom. The van der Waals surface area contributed by atoms with Crippen LogP contribution in [0.3, 0.4) is 0 Å². The van der Waals surface area contributed by atoms with Gasteiger partial charge in [-0.1, -0.05) is 19.9 Å². The third-order valence-electron chi connectivity index (χ3n) is 4.18. The molecule has 9 nitrogen and oxygen atoms in total. The minimum atomic E-state index is -3.67. The van der Waals surface area contributed by atoms with E-state index in [-0.39, 0.29) is 22.7 Å². The Bertz CT molecular complexity index is 1060. The van der Waals surface area contributed by atoms with Crippen molar-refractivity contribution in [2.75, 3.05) is 25.5 Å². The highest BCUT2D eigenvalue weighted by atomic mass is 32.2. The summed E-state index contributed by atoms with van der Waals surface area (Å²) in [4.78, 5) is 35.9. The van der Waals surface area contributed by atoms with Crippen LogP contribution < -0.4 is 10.9 Å². The van der Waals surface area contributed by atoms with Gasteiger partial charge in [0.2, 0.25) is 15.9 Å². The minimum Gasteiger partial charge on any atom is -0.465 e. The Labute approximate surface area is 169 Å². The number of esters is 1. The summed E-state index contributed by atoms with van der Waals surface area (Å²) in [7, 11) is -2.46. The van der Waals surface area contributed by atoms with E-state index < -0.39 is 27.5 Å². The molecule has 0 radical (unpaired) electrons. The second kappa shape index (κ2) is 9.48. The number of nitrogens with zero attached hydrogens (tertiary/aromatic N) is 2. The number of amides is 1. The molecule has 1 aromatic carbocycles. The van der Waals surface area contributed by atoms with E-state index in [9.17, 15) is 22.8 Å². The second-order valence-corrected chi connectivity index (χ2v) is 7.98. The number of aromatic nitrogens is 1. The Balaban J connectivity index is 2.21. The van der Waals surface area contributed by atoms with Crippen LogP contribution in [0.15, 0.2) is 52.3 Å². The van der Waals surface area contributed by atoms with E-state index >= 15 is 0 Å². The molecule has 1 amide bonds. The van der Waals surface area contributed by atoms with Crippen molar-refractivity contribution in [3.05, 3.63) is 58.5 Å². The van der Waals surface area contributed by atoms with E-state index in [0.29, 0.717) is 13.1 Å². The molecule has 0 aliphatic rings. The maximum absolute atomic E-state index is 12.6. The summed E-state index contributed by atoms with van der Waals surface area (Å²) in [6, 6.07) is 8.36. The molecule has 2 aromatic rings. The van der Waals surface area contributed by atoms with Crippen LogP contribution >= 0.6 is 0 Å². The van der Waals surface area contributed by atoms with Crippen LogP contribution in [0, 0.1) is 0 Å². The van der Waals surface area contributed by atoms with Crippen molar-refractivity contribution < 1.29 is 22.7 Å². The van der Waals surface area contributed by atoms with Crippen molar-refractivity contribution in [2.45, 2.75) is 25.3 Å². The third-order valence-corrected chi connectivity index (χ3v) is 6.23. The molecule has 10 heteroatoms. The van der Waals surface area contributed by atoms with Crippen LogP contribution in [0.25, 0.3) is 0 Å². The average Bonchev–Trinajstić information content (AvgIpc) is 2.70. The molecule has 2 rings (SSSR count). The van der Waals surface area contributed by atoms with Crippen LogP contribution in [-0.2, 0) is 26.1 Å². The van der Waals surface area contributed by atoms with Gasteiger partial charge in [0.1, 0.15) is 6.54 Å². The fourth-order valence-electron chi connectivity index (χ4n) is 2.70. The molecular formula is C19H23N3O6S. The van der Waals surface area contributed by atoms with E-state index in [2.05, 4.69) is 10.1 Å². The normalized spacial score (nSPS) is 11.3. The average molecular weight is 421 g/mol. The van der Waals surface area contributed by atoms with Crippen LogP contribution in [0.2, 0.25) is 0 Å². The van der Waals surface area contributed by atoms with Gasteiger partial charge in [0.15, 0.2) is 0 Å². The van der Waals surface area contributed by atoms with Gasteiger partial charge in [0.05, 0.1) is 17.6 Å². The number of nitrogens with one attached hydrogen (secondary N) is 1. The topological polar surface area (TPSA) is 115 Å². The first kappa shape index (κ1) is 22.3. The largest absolute Gasteiger partial charge is 0.465 e. The molecular weight excluding hydrogens is 398 g/mol. The molecule has 1 aromatic heterocycles. The maximum atomic E-state index is 12.6. The summed E-state index contributed by atoms with van der Waals surface area (Å²) >= 11 is 0. The van der Waals surface area contributed by atoms with Gasteiger partial charge in [-0.05, 0) is 24.3 Å². The highest BCUT2D eigenvalue weighted by molar-refractivity contribution is 7.89. The Morgan fingerprint density at radius 3 is 2.45 bits per heavy atom. The number of rotatable bonds is 8. The predicted octanol–water partition coefficient (Wildman–Crippen LogP) is 1.30. The Kier molecular flexibility index (Phi) is 7.29. The van der Waals surface area contributed by atoms with Crippen LogP contribution in [0.1, 0.15) is 24.2 Å². The van der Waals surface area contributed by atoms with E-state index in [4.69, 9.17) is 0 Å². The fraction of sp³-hybridized carbons (Fsp3) is 0.316. The van der Waals surface area contributed by atoms with Crippen molar-refractivity contribution in [1.29, 1.82) is 0 Å². The summed E-state index contributed by atoms with van der Waals surface area (Å²) < 4.78 is 32.2. The lowest BCUT2D eigenvalue weighted by atomic mass is 10.3. The number of hydrogen-bond acceptors (Lipinski definition) is 6. The van der Waals surface area contributed by atoms with E-state index in [1.807, 2.05) is 0 Å². The molecule has 0 bridgehead atoms. The Morgan fingerprint density at radius 2 is 1.83 bits per heavy atom. The molecule has 1 heterocycles. The SMILES string of the molecule is CCN(CC)S(=O)(=O)c1cccc(NC(=O)Cn2cc(C(=O)OC)ccc2=O)c1. The summed E-state index contributed by atoms with van der Waals surface area (Å²) in [5, 5.41) is 2.57. The highest BCUT2D eigenvalue weighted by Crippen LogP contribution is 2.19. The molecule has 29 heavy (non-hydrogen) atoms. The molecule has 0 aliphatic heterocycles.